The topological polar surface area (TPSA) is 75.7 Å². The molecule has 0 spiro atoms. The van der Waals surface area contributed by atoms with Gasteiger partial charge in [0.1, 0.15) is 12.4 Å². The number of hydrogen-bond donors (Lipinski definition) is 1. The first kappa shape index (κ1) is 24.3. The molecule has 0 radical (unpaired) electrons. The van der Waals surface area contributed by atoms with Gasteiger partial charge in [0.15, 0.2) is 0 Å². The van der Waals surface area contributed by atoms with E-state index in [4.69, 9.17) is 4.74 Å². The van der Waals surface area contributed by atoms with Gasteiger partial charge in [0.05, 0.1) is 11.4 Å². The molecule has 1 aliphatic rings. The molecule has 2 aromatic rings. The maximum Gasteiger partial charge on any atom is 0.251 e. The van der Waals surface area contributed by atoms with Crippen LogP contribution in [0, 0.1) is 5.92 Å². The van der Waals surface area contributed by atoms with Crippen LogP contribution in [-0.2, 0) is 15.4 Å². The van der Waals surface area contributed by atoms with E-state index in [0.717, 1.165) is 24.2 Å². The Morgan fingerprint density at radius 2 is 1.78 bits per heavy atom. The first-order valence-electron chi connectivity index (χ1n) is 11.2. The third-order valence-corrected chi connectivity index (χ3v) is 7.71. The summed E-state index contributed by atoms with van der Waals surface area (Å²) in [6.07, 6.45) is 1.72. The largest absolute Gasteiger partial charge is 0.491 e. The summed E-state index contributed by atoms with van der Waals surface area (Å²) in [4.78, 5) is 12.8. The number of para-hydroxylation sites is 1. The summed E-state index contributed by atoms with van der Waals surface area (Å²) < 4.78 is 33.4. The molecule has 1 aliphatic heterocycles. The Kier molecular flexibility index (Phi) is 7.62. The fraction of sp³-hybridized carbons (Fsp3) is 0.480. The summed E-state index contributed by atoms with van der Waals surface area (Å²) in [7, 11) is -3.59. The van der Waals surface area contributed by atoms with Crippen molar-refractivity contribution in [2.24, 2.45) is 5.92 Å². The number of amides is 1. The normalized spacial score (nSPS) is 16.0. The van der Waals surface area contributed by atoms with E-state index in [9.17, 15) is 13.2 Å². The fourth-order valence-corrected chi connectivity index (χ4v) is 5.33. The maximum absolute atomic E-state index is 13.0. The average Bonchev–Trinajstić information content (AvgIpc) is 2.76. The average molecular weight is 459 g/mol. The van der Waals surface area contributed by atoms with E-state index < -0.39 is 10.0 Å². The van der Waals surface area contributed by atoms with Crippen molar-refractivity contribution in [2.75, 3.05) is 26.2 Å². The lowest BCUT2D eigenvalue weighted by molar-refractivity contribution is 0.0946. The van der Waals surface area contributed by atoms with Gasteiger partial charge in [-0.25, -0.2) is 8.42 Å². The Morgan fingerprint density at radius 1 is 1.09 bits per heavy atom. The number of nitrogens with zero attached hydrogens (tertiary/aromatic N) is 1. The number of ether oxygens (including phenoxy) is 1. The molecule has 1 saturated heterocycles. The van der Waals surface area contributed by atoms with Gasteiger partial charge in [0.2, 0.25) is 10.0 Å². The van der Waals surface area contributed by atoms with Crippen molar-refractivity contribution in [3.8, 4) is 5.75 Å². The van der Waals surface area contributed by atoms with Gasteiger partial charge in [-0.15, -0.1) is 0 Å². The molecule has 6 nitrogen and oxygen atoms in total. The molecule has 1 N–H and O–H groups in total. The van der Waals surface area contributed by atoms with E-state index in [1.807, 2.05) is 24.3 Å². The maximum atomic E-state index is 13.0. The van der Waals surface area contributed by atoms with Gasteiger partial charge in [0.25, 0.3) is 5.91 Å². The molecular weight excluding hydrogens is 424 g/mol. The standard InChI is InChI=1S/C25H34N2O4S/c1-19-12-15-27(16-13-19)32(29,30)21-9-7-8-20(18-21)24(28)26-14-17-31-23-11-6-5-10-22(23)25(2,3)4/h5-11,18-19H,12-17H2,1-4H3,(H,26,28). The van der Waals surface area contributed by atoms with E-state index in [1.54, 1.807) is 18.2 Å². The highest BCUT2D eigenvalue weighted by Gasteiger charge is 2.28. The minimum Gasteiger partial charge on any atom is -0.491 e. The second-order valence-electron chi connectivity index (χ2n) is 9.46. The number of benzene rings is 2. The Labute approximate surface area is 192 Å². The van der Waals surface area contributed by atoms with E-state index in [-0.39, 0.29) is 16.2 Å². The predicted octanol–water partition coefficient (Wildman–Crippen LogP) is 4.21. The summed E-state index contributed by atoms with van der Waals surface area (Å²) in [5.41, 5.74) is 1.39. The lowest BCUT2D eigenvalue weighted by atomic mass is 9.86. The van der Waals surface area contributed by atoms with E-state index in [0.29, 0.717) is 37.7 Å². The molecule has 0 saturated carbocycles. The molecule has 0 bridgehead atoms. The first-order valence-corrected chi connectivity index (χ1v) is 12.6. The van der Waals surface area contributed by atoms with Crippen molar-refractivity contribution in [3.05, 3.63) is 59.7 Å². The van der Waals surface area contributed by atoms with Gasteiger partial charge in [-0.2, -0.15) is 4.31 Å². The van der Waals surface area contributed by atoms with Gasteiger partial charge in [0, 0.05) is 18.7 Å². The molecular formula is C25H34N2O4S. The molecule has 0 aliphatic carbocycles. The van der Waals surface area contributed by atoms with Crippen LogP contribution in [0.3, 0.4) is 0 Å². The highest BCUT2D eigenvalue weighted by atomic mass is 32.2. The summed E-state index contributed by atoms with van der Waals surface area (Å²) in [5.74, 6) is 1.02. The molecule has 174 valence electrons. The van der Waals surface area contributed by atoms with Crippen molar-refractivity contribution >= 4 is 15.9 Å². The van der Waals surface area contributed by atoms with Gasteiger partial charge < -0.3 is 10.1 Å². The number of carbonyl (C=O) groups is 1. The molecule has 1 fully saturated rings. The highest BCUT2D eigenvalue weighted by molar-refractivity contribution is 7.89. The van der Waals surface area contributed by atoms with E-state index in [1.165, 1.54) is 10.4 Å². The minimum atomic E-state index is -3.59. The van der Waals surface area contributed by atoms with Crippen molar-refractivity contribution < 1.29 is 17.9 Å². The van der Waals surface area contributed by atoms with Crippen LogP contribution in [-0.4, -0.2) is 44.9 Å². The molecule has 0 unspecified atom stereocenters. The molecule has 7 heteroatoms. The molecule has 0 atom stereocenters. The van der Waals surface area contributed by atoms with Crippen LogP contribution in [0.25, 0.3) is 0 Å². The Hall–Kier alpha value is -2.38. The second kappa shape index (κ2) is 10.0. The zero-order valence-corrected chi connectivity index (χ0v) is 20.2. The van der Waals surface area contributed by atoms with Crippen LogP contribution in [0.2, 0.25) is 0 Å². The van der Waals surface area contributed by atoms with Gasteiger partial charge in [-0.05, 0) is 54.0 Å². The number of rotatable bonds is 7. The third-order valence-electron chi connectivity index (χ3n) is 5.82. The van der Waals surface area contributed by atoms with Crippen LogP contribution in [0.15, 0.2) is 53.4 Å². The first-order chi connectivity index (χ1) is 15.1. The number of carbonyl (C=O) groups excluding carboxylic acids is 1. The lowest BCUT2D eigenvalue weighted by Crippen LogP contribution is -2.38. The van der Waals surface area contributed by atoms with E-state index >= 15 is 0 Å². The molecule has 0 aromatic heterocycles. The molecule has 1 heterocycles. The minimum absolute atomic E-state index is 0.0435. The van der Waals surface area contributed by atoms with E-state index in [2.05, 4.69) is 33.0 Å². The molecule has 3 rings (SSSR count). The SMILES string of the molecule is CC1CCN(S(=O)(=O)c2cccc(C(=O)NCCOc3ccccc3C(C)(C)C)c2)CC1. The monoisotopic (exact) mass is 458 g/mol. The smallest absolute Gasteiger partial charge is 0.251 e. The predicted molar refractivity (Wildman–Crippen MR) is 127 cm³/mol. The van der Waals surface area contributed by atoms with Crippen molar-refractivity contribution in [3.63, 3.8) is 0 Å². The summed E-state index contributed by atoms with van der Waals surface area (Å²) in [6.45, 7) is 10.2. The third kappa shape index (κ3) is 5.90. The Balaban J connectivity index is 1.59. The zero-order valence-electron chi connectivity index (χ0n) is 19.4. The highest BCUT2D eigenvalue weighted by Crippen LogP contribution is 2.30. The van der Waals surface area contributed by atoms with Crippen molar-refractivity contribution in [1.82, 2.24) is 9.62 Å². The lowest BCUT2D eigenvalue weighted by Gasteiger charge is -2.29. The summed E-state index contributed by atoms with van der Waals surface area (Å²) in [5, 5.41) is 2.82. The number of sulfonamides is 1. The van der Waals surface area contributed by atoms with Gasteiger partial charge in [-0.3, -0.25) is 4.79 Å². The van der Waals surface area contributed by atoms with Gasteiger partial charge >= 0.3 is 0 Å². The number of hydrogen-bond acceptors (Lipinski definition) is 4. The van der Waals surface area contributed by atoms with Crippen molar-refractivity contribution in [2.45, 2.75) is 50.8 Å². The zero-order chi connectivity index (χ0) is 23.4. The number of nitrogens with one attached hydrogen (secondary N) is 1. The molecule has 32 heavy (non-hydrogen) atoms. The van der Waals surface area contributed by atoms with Crippen LogP contribution >= 0.6 is 0 Å². The number of piperidine rings is 1. The summed E-state index contributed by atoms with van der Waals surface area (Å²) >= 11 is 0. The summed E-state index contributed by atoms with van der Waals surface area (Å²) in [6, 6.07) is 14.1. The molecule has 1 amide bonds. The van der Waals surface area contributed by atoms with Crippen LogP contribution in [0.1, 0.15) is 56.5 Å². The van der Waals surface area contributed by atoms with Crippen LogP contribution in [0.5, 0.6) is 5.75 Å². The van der Waals surface area contributed by atoms with Gasteiger partial charge in [-0.1, -0.05) is 52.0 Å². The Morgan fingerprint density at radius 3 is 2.47 bits per heavy atom. The second-order valence-corrected chi connectivity index (χ2v) is 11.4. The van der Waals surface area contributed by atoms with Crippen LogP contribution < -0.4 is 10.1 Å². The fourth-order valence-electron chi connectivity index (χ4n) is 3.81. The van der Waals surface area contributed by atoms with Crippen molar-refractivity contribution in [1.29, 1.82) is 0 Å². The molecule has 2 aromatic carbocycles. The van der Waals surface area contributed by atoms with Crippen LogP contribution in [0.4, 0.5) is 0 Å². The quantitative estimate of drug-likeness (QED) is 0.631. The Bertz CT molecular complexity index is 1040.